The quantitative estimate of drug-likeness (QED) is 0.707. The van der Waals surface area contributed by atoms with E-state index in [4.69, 9.17) is 9.52 Å². The zero-order valence-corrected chi connectivity index (χ0v) is 12.1. The van der Waals surface area contributed by atoms with Gasteiger partial charge in [0.25, 0.3) is 0 Å². The largest absolute Gasteiger partial charge is 0.475 e. The Morgan fingerprint density at radius 2 is 2.00 bits per heavy atom. The van der Waals surface area contributed by atoms with E-state index >= 15 is 0 Å². The van der Waals surface area contributed by atoms with Gasteiger partial charge in [0.05, 0.1) is 6.26 Å². The Morgan fingerprint density at radius 3 is 2.53 bits per heavy atom. The second-order valence-corrected chi connectivity index (χ2v) is 5.18. The summed E-state index contributed by atoms with van der Waals surface area (Å²) < 4.78 is 4.93. The molecule has 1 heterocycles. The fourth-order valence-electron chi connectivity index (χ4n) is 2.21. The molecule has 19 heavy (non-hydrogen) atoms. The number of nitrogens with zero attached hydrogens (tertiary/aromatic N) is 1. The Bertz CT molecular complexity index is 391. The number of carboxylic acid groups (broad SMARTS) is 1. The topological polar surface area (TPSA) is 65.7 Å². The maximum absolute atomic E-state index is 10.9. The van der Waals surface area contributed by atoms with Crippen LogP contribution in [0.2, 0.25) is 0 Å². The first-order valence-corrected chi connectivity index (χ1v) is 6.69. The summed E-state index contributed by atoms with van der Waals surface area (Å²) in [7, 11) is 0. The van der Waals surface area contributed by atoms with Gasteiger partial charge < -0.3 is 14.8 Å². The van der Waals surface area contributed by atoms with Crippen molar-refractivity contribution < 1.29 is 14.3 Å². The van der Waals surface area contributed by atoms with Crippen molar-refractivity contribution in [2.24, 2.45) is 0 Å². The lowest BCUT2D eigenvalue weighted by atomic mass is 10.2. The van der Waals surface area contributed by atoms with E-state index in [0.717, 1.165) is 13.1 Å². The molecule has 0 saturated heterocycles. The van der Waals surface area contributed by atoms with Gasteiger partial charge in [-0.15, -0.1) is 0 Å². The average molecular weight is 268 g/mol. The fraction of sp³-hybridized carbons (Fsp3) is 0.643. The van der Waals surface area contributed by atoms with Gasteiger partial charge in [0.2, 0.25) is 5.76 Å². The third kappa shape index (κ3) is 4.69. The van der Waals surface area contributed by atoms with E-state index < -0.39 is 5.97 Å². The lowest BCUT2D eigenvalue weighted by Gasteiger charge is -2.30. The van der Waals surface area contributed by atoms with E-state index in [1.165, 1.54) is 6.26 Å². The van der Waals surface area contributed by atoms with E-state index in [1.807, 2.05) is 0 Å². The van der Waals surface area contributed by atoms with Crippen molar-refractivity contribution >= 4 is 5.97 Å². The van der Waals surface area contributed by atoms with Gasteiger partial charge in [0.1, 0.15) is 0 Å². The summed E-state index contributed by atoms with van der Waals surface area (Å²) in [5.41, 5.74) is 0.688. The molecule has 2 N–H and O–H groups in total. The van der Waals surface area contributed by atoms with Crippen molar-refractivity contribution in [3.05, 3.63) is 23.7 Å². The highest BCUT2D eigenvalue weighted by Crippen LogP contribution is 2.10. The maximum atomic E-state index is 10.9. The van der Waals surface area contributed by atoms with Crippen LogP contribution in [0.15, 0.2) is 16.7 Å². The highest BCUT2D eigenvalue weighted by Gasteiger charge is 2.14. The standard InChI is InChI=1S/C14H24N2O3/c1-10(2)16(11(3)4)7-6-15-9-12-5-8-19-13(12)14(17)18/h5,8,10-11,15H,6-7,9H2,1-4H3,(H,17,18). The van der Waals surface area contributed by atoms with E-state index in [1.54, 1.807) is 6.07 Å². The van der Waals surface area contributed by atoms with Gasteiger partial charge >= 0.3 is 5.97 Å². The number of rotatable bonds is 8. The van der Waals surface area contributed by atoms with Crippen molar-refractivity contribution in [3.63, 3.8) is 0 Å². The van der Waals surface area contributed by atoms with Crippen molar-refractivity contribution in [3.8, 4) is 0 Å². The minimum atomic E-state index is -1.02. The van der Waals surface area contributed by atoms with Crippen LogP contribution in [0, 0.1) is 0 Å². The molecule has 0 saturated carbocycles. The van der Waals surface area contributed by atoms with Crippen LogP contribution in [0.25, 0.3) is 0 Å². The number of carboxylic acids is 1. The van der Waals surface area contributed by atoms with Crippen LogP contribution in [0.5, 0.6) is 0 Å². The van der Waals surface area contributed by atoms with Crippen LogP contribution in [-0.4, -0.2) is 41.1 Å². The SMILES string of the molecule is CC(C)N(CCNCc1ccoc1C(=O)O)C(C)C. The first-order valence-electron chi connectivity index (χ1n) is 6.69. The van der Waals surface area contributed by atoms with E-state index in [9.17, 15) is 4.79 Å². The van der Waals surface area contributed by atoms with Gasteiger partial charge in [0, 0.05) is 37.3 Å². The number of aromatic carboxylic acids is 1. The third-order valence-corrected chi connectivity index (χ3v) is 3.13. The van der Waals surface area contributed by atoms with Crippen molar-refractivity contribution in [2.75, 3.05) is 13.1 Å². The van der Waals surface area contributed by atoms with Gasteiger partial charge in [0.15, 0.2) is 0 Å². The molecule has 0 aromatic carbocycles. The molecular weight excluding hydrogens is 244 g/mol. The minimum absolute atomic E-state index is 0.0251. The number of furan rings is 1. The van der Waals surface area contributed by atoms with Crippen LogP contribution in [0.3, 0.4) is 0 Å². The summed E-state index contributed by atoms with van der Waals surface area (Å²) >= 11 is 0. The smallest absolute Gasteiger partial charge is 0.372 e. The molecule has 0 amide bonds. The van der Waals surface area contributed by atoms with Crippen LogP contribution in [0.4, 0.5) is 0 Å². The lowest BCUT2D eigenvalue weighted by molar-refractivity contribution is 0.0660. The highest BCUT2D eigenvalue weighted by molar-refractivity contribution is 5.86. The first-order chi connectivity index (χ1) is 8.93. The molecule has 0 fully saturated rings. The number of hydrogen-bond donors (Lipinski definition) is 2. The zero-order valence-electron chi connectivity index (χ0n) is 12.1. The predicted molar refractivity (Wildman–Crippen MR) is 74.4 cm³/mol. The monoisotopic (exact) mass is 268 g/mol. The second kappa shape index (κ2) is 7.31. The number of carbonyl (C=O) groups is 1. The van der Waals surface area contributed by atoms with E-state index in [-0.39, 0.29) is 5.76 Å². The Kier molecular flexibility index (Phi) is 6.05. The number of nitrogens with one attached hydrogen (secondary N) is 1. The molecule has 0 atom stereocenters. The van der Waals surface area contributed by atoms with Gasteiger partial charge in [-0.25, -0.2) is 4.79 Å². The maximum Gasteiger partial charge on any atom is 0.372 e. The van der Waals surface area contributed by atoms with E-state index in [0.29, 0.717) is 24.2 Å². The normalized spacial score (nSPS) is 11.7. The summed E-state index contributed by atoms with van der Waals surface area (Å²) in [4.78, 5) is 13.3. The van der Waals surface area contributed by atoms with Gasteiger partial charge in [-0.1, -0.05) is 0 Å². The highest BCUT2D eigenvalue weighted by atomic mass is 16.4. The van der Waals surface area contributed by atoms with E-state index in [2.05, 4.69) is 37.9 Å². The summed E-state index contributed by atoms with van der Waals surface area (Å²) in [5.74, 6) is -0.995. The van der Waals surface area contributed by atoms with Crippen LogP contribution in [0.1, 0.15) is 43.8 Å². The molecule has 0 radical (unpaired) electrons. The summed E-state index contributed by atoms with van der Waals surface area (Å²) in [6.07, 6.45) is 1.41. The first kappa shape index (κ1) is 15.7. The molecule has 0 aliphatic rings. The van der Waals surface area contributed by atoms with Gasteiger partial charge in [-0.3, -0.25) is 4.90 Å². The third-order valence-electron chi connectivity index (χ3n) is 3.13. The minimum Gasteiger partial charge on any atom is -0.475 e. The molecule has 1 aromatic rings. The molecule has 0 bridgehead atoms. The van der Waals surface area contributed by atoms with Crippen LogP contribution in [-0.2, 0) is 6.54 Å². The molecule has 0 unspecified atom stereocenters. The molecule has 5 nitrogen and oxygen atoms in total. The Hall–Kier alpha value is -1.33. The molecule has 1 rings (SSSR count). The molecule has 108 valence electrons. The lowest BCUT2D eigenvalue weighted by Crippen LogP contribution is -2.41. The summed E-state index contributed by atoms with van der Waals surface area (Å²) in [5, 5.41) is 12.2. The Morgan fingerprint density at radius 1 is 1.37 bits per heavy atom. The summed E-state index contributed by atoms with van der Waals surface area (Å²) in [6, 6.07) is 2.70. The van der Waals surface area contributed by atoms with Crippen molar-refractivity contribution in [2.45, 2.75) is 46.3 Å². The molecule has 0 spiro atoms. The van der Waals surface area contributed by atoms with Gasteiger partial charge in [-0.2, -0.15) is 0 Å². The molecule has 5 heteroatoms. The van der Waals surface area contributed by atoms with Crippen LogP contribution < -0.4 is 5.32 Å². The Balaban J connectivity index is 2.38. The number of hydrogen-bond acceptors (Lipinski definition) is 4. The fourth-order valence-corrected chi connectivity index (χ4v) is 2.21. The molecule has 0 aliphatic heterocycles. The van der Waals surface area contributed by atoms with Gasteiger partial charge in [-0.05, 0) is 33.8 Å². The summed E-state index contributed by atoms with van der Waals surface area (Å²) in [6.45, 7) is 11.0. The molecule has 1 aromatic heterocycles. The molecule has 0 aliphatic carbocycles. The van der Waals surface area contributed by atoms with Crippen LogP contribution >= 0.6 is 0 Å². The van der Waals surface area contributed by atoms with Crippen molar-refractivity contribution in [1.82, 2.24) is 10.2 Å². The predicted octanol–water partition coefficient (Wildman–Crippen LogP) is 2.19. The second-order valence-electron chi connectivity index (χ2n) is 5.18. The average Bonchev–Trinajstić information content (AvgIpc) is 2.75. The van der Waals surface area contributed by atoms with Crippen molar-refractivity contribution in [1.29, 1.82) is 0 Å². The molecular formula is C14H24N2O3. The Labute approximate surface area is 114 Å². The zero-order chi connectivity index (χ0) is 14.4.